The third kappa shape index (κ3) is 2.91. The van der Waals surface area contributed by atoms with Crippen LogP contribution in [0.4, 0.5) is 0 Å². The first-order valence-corrected chi connectivity index (χ1v) is 8.71. The highest BCUT2D eigenvalue weighted by atomic mass is 16.3. The summed E-state index contributed by atoms with van der Waals surface area (Å²) < 4.78 is 0. The summed E-state index contributed by atoms with van der Waals surface area (Å²) in [6.45, 7) is 1.93. The van der Waals surface area contributed by atoms with Gasteiger partial charge >= 0.3 is 0 Å². The molecule has 0 aliphatic carbocycles. The largest absolute Gasteiger partial charge is 0.507 e. The summed E-state index contributed by atoms with van der Waals surface area (Å²) >= 11 is 0. The minimum absolute atomic E-state index is 0.284. The van der Waals surface area contributed by atoms with Crippen LogP contribution in [-0.4, -0.2) is 10.2 Å². The number of phenols is 2. The molecule has 4 aromatic rings. The number of phenolic OH excluding ortho intramolecular Hbond substituents is 2. The third-order valence-corrected chi connectivity index (χ3v) is 4.83. The van der Waals surface area contributed by atoms with Crippen LogP contribution >= 0.6 is 0 Å². The van der Waals surface area contributed by atoms with E-state index in [-0.39, 0.29) is 5.75 Å². The van der Waals surface area contributed by atoms with Gasteiger partial charge < -0.3 is 10.2 Å². The van der Waals surface area contributed by atoms with E-state index in [1.54, 1.807) is 6.07 Å². The molecule has 2 heteroatoms. The molecular formula is C24H20O2. The van der Waals surface area contributed by atoms with Crippen molar-refractivity contribution in [3.8, 4) is 22.6 Å². The summed E-state index contributed by atoms with van der Waals surface area (Å²) in [4.78, 5) is 0. The predicted molar refractivity (Wildman–Crippen MR) is 107 cm³/mol. The van der Waals surface area contributed by atoms with Gasteiger partial charge in [-0.25, -0.2) is 0 Å². The van der Waals surface area contributed by atoms with Crippen molar-refractivity contribution in [1.29, 1.82) is 0 Å². The standard InChI is InChI=1S/C24H20O2/c1-16-13-19(20-9-5-6-10-21(20)24(16)26)14-17-11-12-23(25)22(15-17)18-7-3-2-4-8-18/h2-13,15,25-26H,14H2,1H3. The molecule has 2 nitrogen and oxygen atoms in total. The summed E-state index contributed by atoms with van der Waals surface area (Å²) in [6.07, 6.45) is 0.738. The van der Waals surface area contributed by atoms with Crippen molar-refractivity contribution < 1.29 is 10.2 Å². The number of benzene rings is 4. The highest BCUT2D eigenvalue weighted by Gasteiger charge is 2.11. The van der Waals surface area contributed by atoms with E-state index in [4.69, 9.17) is 0 Å². The number of hydrogen-bond donors (Lipinski definition) is 2. The summed E-state index contributed by atoms with van der Waals surface area (Å²) in [7, 11) is 0. The molecule has 0 aromatic heterocycles. The first-order valence-electron chi connectivity index (χ1n) is 8.71. The van der Waals surface area contributed by atoms with Crippen LogP contribution in [0.5, 0.6) is 11.5 Å². The van der Waals surface area contributed by atoms with Crippen LogP contribution in [0.15, 0.2) is 78.9 Å². The fourth-order valence-electron chi connectivity index (χ4n) is 3.50. The average molecular weight is 340 g/mol. The first kappa shape index (κ1) is 16.2. The highest BCUT2D eigenvalue weighted by Crippen LogP contribution is 2.34. The van der Waals surface area contributed by atoms with Crippen LogP contribution in [0.1, 0.15) is 16.7 Å². The molecule has 0 atom stereocenters. The lowest BCUT2D eigenvalue weighted by atomic mass is 9.93. The van der Waals surface area contributed by atoms with E-state index in [1.807, 2.05) is 79.7 Å². The molecule has 26 heavy (non-hydrogen) atoms. The van der Waals surface area contributed by atoms with Crippen molar-refractivity contribution in [3.63, 3.8) is 0 Å². The molecule has 0 fully saturated rings. The minimum atomic E-state index is 0.284. The summed E-state index contributed by atoms with van der Waals surface area (Å²) in [5, 5.41) is 22.6. The number of aryl methyl sites for hydroxylation is 1. The molecule has 0 amide bonds. The monoisotopic (exact) mass is 340 g/mol. The Balaban J connectivity index is 1.80. The van der Waals surface area contributed by atoms with Gasteiger partial charge in [0.25, 0.3) is 0 Å². The molecule has 0 aliphatic heterocycles. The van der Waals surface area contributed by atoms with Crippen molar-refractivity contribution in [2.24, 2.45) is 0 Å². The van der Waals surface area contributed by atoms with Crippen LogP contribution in [0, 0.1) is 6.92 Å². The van der Waals surface area contributed by atoms with Crippen molar-refractivity contribution in [2.75, 3.05) is 0 Å². The second-order valence-electron chi connectivity index (χ2n) is 6.64. The second kappa shape index (κ2) is 6.57. The van der Waals surface area contributed by atoms with Gasteiger partial charge in [-0.15, -0.1) is 0 Å². The maximum Gasteiger partial charge on any atom is 0.126 e. The van der Waals surface area contributed by atoms with Crippen LogP contribution in [0.25, 0.3) is 21.9 Å². The van der Waals surface area contributed by atoms with Gasteiger partial charge in [-0.05, 0) is 53.1 Å². The number of aromatic hydroxyl groups is 2. The van der Waals surface area contributed by atoms with Gasteiger partial charge in [0.2, 0.25) is 0 Å². The molecule has 4 rings (SSSR count). The smallest absolute Gasteiger partial charge is 0.126 e. The quantitative estimate of drug-likeness (QED) is 0.493. The summed E-state index contributed by atoms with van der Waals surface area (Å²) in [6, 6.07) is 25.6. The van der Waals surface area contributed by atoms with E-state index in [0.717, 1.165) is 39.4 Å². The molecule has 0 saturated carbocycles. The number of fused-ring (bicyclic) bond motifs is 1. The van der Waals surface area contributed by atoms with Gasteiger partial charge in [0.15, 0.2) is 0 Å². The normalized spacial score (nSPS) is 11.0. The lowest BCUT2D eigenvalue weighted by molar-refractivity contribution is 0.477. The van der Waals surface area contributed by atoms with Gasteiger partial charge in [0.05, 0.1) is 0 Å². The Hall–Kier alpha value is -3.26. The first-order chi connectivity index (χ1) is 12.6. The SMILES string of the molecule is Cc1cc(Cc2ccc(O)c(-c3ccccc3)c2)c2ccccc2c1O. The average Bonchev–Trinajstić information content (AvgIpc) is 2.68. The van der Waals surface area contributed by atoms with Gasteiger partial charge in [0, 0.05) is 10.9 Å². The van der Waals surface area contributed by atoms with E-state index in [9.17, 15) is 10.2 Å². The van der Waals surface area contributed by atoms with Crippen LogP contribution in [-0.2, 0) is 6.42 Å². The Labute approximate surface area is 153 Å². The fraction of sp³-hybridized carbons (Fsp3) is 0.0833. The Morgan fingerprint density at radius 1 is 0.731 bits per heavy atom. The summed E-state index contributed by atoms with van der Waals surface area (Å²) in [5.74, 6) is 0.631. The van der Waals surface area contributed by atoms with Crippen LogP contribution < -0.4 is 0 Å². The van der Waals surface area contributed by atoms with E-state index in [2.05, 4.69) is 0 Å². The zero-order chi connectivity index (χ0) is 18.1. The van der Waals surface area contributed by atoms with Gasteiger partial charge in [-0.2, -0.15) is 0 Å². The van der Waals surface area contributed by atoms with Gasteiger partial charge in [0.1, 0.15) is 11.5 Å². The molecule has 0 aliphatic rings. The maximum atomic E-state index is 10.3. The van der Waals surface area contributed by atoms with Crippen molar-refractivity contribution in [1.82, 2.24) is 0 Å². The summed E-state index contributed by atoms with van der Waals surface area (Å²) in [5.41, 5.74) is 5.00. The minimum Gasteiger partial charge on any atom is -0.507 e. The van der Waals surface area contributed by atoms with Crippen molar-refractivity contribution in [3.05, 3.63) is 95.6 Å². The van der Waals surface area contributed by atoms with E-state index in [1.165, 1.54) is 5.56 Å². The molecule has 0 unspecified atom stereocenters. The van der Waals surface area contributed by atoms with Gasteiger partial charge in [-0.3, -0.25) is 0 Å². The molecule has 2 N–H and O–H groups in total. The highest BCUT2D eigenvalue weighted by molar-refractivity contribution is 5.92. The fourth-order valence-corrected chi connectivity index (χ4v) is 3.50. The molecule has 128 valence electrons. The number of rotatable bonds is 3. The molecule has 4 aromatic carbocycles. The molecule has 0 bridgehead atoms. The molecular weight excluding hydrogens is 320 g/mol. The molecule has 0 radical (unpaired) electrons. The molecule has 0 heterocycles. The Morgan fingerprint density at radius 3 is 2.19 bits per heavy atom. The molecule has 0 spiro atoms. The lowest BCUT2D eigenvalue weighted by Crippen LogP contribution is -1.93. The Bertz CT molecular complexity index is 1080. The zero-order valence-electron chi connectivity index (χ0n) is 14.6. The Morgan fingerprint density at radius 2 is 1.42 bits per heavy atom. The predicted octanol–water partition coefficient (Wildman–Crippen LogP) is 5.82. The van der Waals surface area contributed by atoms with Gasteiger partial charge in [-0.1, -0.05) is 66.7 Å². The van der Waals surface area contributed by atoms with E-state index < -0.39 is 0 Å². The molecule has 0 saturated heterocycles. The van der Waals surface area contributed by atoms with E-state index >= 15 is 0 Å². The Kier molecular flexibility index (Phi) is 4.10. The lowest BCUT2D eigenvalue weighted by Gasteiger charge is -2.13. The maximum absolute atomic E-state index is 10.3. The van der Waals surface area contributed by atoms with Crippen molar-refractivity contribution >= 4 is 10.8 Å². The zero-order valence-corrected chi connectivity index (χ0v) is 14.6. The van der Waals surface area contributed by atoms with Crippen LogP contribution in [0.2, 0.25) is 0 Å². The topological polar surface area (TPSA) is 40.5 Å². The van der Waals surface area contributed by atoms with Crippen molar-refractivity contribution in [2.45, 2.75) is 13.3 Å². The van der Waals surface area contributed by atoms with E-state index in [0.29, 0.717) is 5.75 Å². The third-order valence-electron chi connectivity index (χ3n) is 4.83. The number of hydrogen-bond acceptors (Lipinski definition) is 2. The second-order valence-corrected chi connectivity index (χ2v) is 6.64. The van der Waals surface area contributed by atoms with Crippen LogP contribution in [0.3, 0.4) is 0 Å².